The van der Waals surface area contributed by atoms with Gasteiger partial charge in [0, 0.05) is 30.8 Å². The standard InChI is InChI=1S/C17H19N5O3S/c1-18-17(26)22-19-10-11-6-12(4-5-16(11)23)20-21-13-7-14(24-2)9-15(8-13)25-3/h4-10,23H,1-3H3,(H2,18,22,26). The molecule has 9 heteroatoms. The van der Waals surface area contributed by atoms with Gasteiger partial charge in [0.1, 0.15) is 17.2 Å². The Morgan fingerprint density at radius 1 is 1.04 bits per heavy atom. The fourth-order valence-corrected chi connectivity index (χ4v) is 1.94. The molecule has 0 aromatic heterocycles. The van der Waals surface area contributed by atoms with Crippen molar-refractivity contribution < 1.29 is 14.6 Å². The molecule has 0 saturated carbocycles. The minimum absolute atomic E-state index is 0.0629. The predicted molar refractivity (Wildman–Crippen MR) is 104 cm³/mol. The van der Waals surface area contributed by atoms with Gasteiger partial charge in [-0.2, -0.15) is 15.3 Å². The molecule has 0 amide bonds. The number of phenolic OH excluding ortho intramolecular Hbond substituents is 1. The van der Waals surface area contributed by atoms with E-state index in [2.05, 4.69) is 26.1 Å². The van der Waals surface area contributed by atoms with Crippen LogP contribution in [0.5, 0.6) is 17.2 Å². The number of methoxy groups -OCH3 is 2. The second-order valence-electron chi connectivity index (χ2n) is 4.96. The van der Waals surface area contributed by atoms with Crippen molar-refractivity contribution >= 4 is 34.9 Å². The van der Waals surface area contributed by atoms with Crippen molar-refractivity contribution in [2.24, 2.45) is 15.3 Å². The maximum absolute atomic E-state index is 9.91. The van der Waals surface area contributed by atoms with Crippen LogP contribution in [0.15, 0.2) is 51.7 Å². The highest BCUT2D eigenvalue weighted by Gasteiger charge is 2.03. The average Bonchev–Trinajstić information content (AvgIpc) is 2.67. The molecule has 2 aromatic carbocycles. The maximum Gasteiger partial charge on any atom is 0.186 e. The summed E-state index contributed by atoms with van der Waals surface area (Å²) in [5.74, 6) is 1.29. The number of hydrazone groups is 1. The molecule has 3 N–H and O–H groups in total. The number of hydrogen-bond donors (Lipinski definition) is 3. The molecule has 0 unspecified atom stereocenters. The Morgan fingerprint density at radius 3 is 2.31 bits per heavy atom. The van der Waals surface area contributed by atoms with Gasteiger partial charge in [0.2, 0.25) is 0 Å². The minimum atomic E-state index is 0.0629. The number of nitrogens with zero attached hydrogens (tertiary/aromatic N) is 3. The third kappa shape index (κ3) is 5.42. The zero-order valence-corrected chi connectivity index (χ0v) is 15.4. The van der Waals surface area contributed by atoms with Gasteiger partial charge in [-0.1, -0.05) is 0 Å². The van der Waals surface area contributed by atoms with Crippen molar-refractivity contribution in [2.75, 3.05) is 21.3 Å². The van der Waals surface area contributed by atoms with E-state index in [0.717, 1.165) is 0 Å². The quantitative estimate of drug-likeness (QED) is 0.311. The largest absolute Gasteiger partial charge is 0.507 e. The van der Waals surface area contributed by atoms with Crippen LogP contribution >= 0.6 is 12.2 Å². The first-order valence-corrected chi connectivity index (χ1v) is 7.95. The van der Waals surface area contributed by atoms with Crippen LogP contribution < -0.4 is 20.2 Å². The molecule has 0 radical (unpaired) electrons. The lowest BCUT2D eigenvalue weighted by molar-refractivity contribution is 0.394. The smallest absolute Gasteiger partial charge is 0.186 e. The summed E-state index contributed by atoms with van der Waals surface area (Å²) in [6, 6.07) is 10.0. The summed E-state index contributed by atoms with van der Waals surface area (Å²) >= 11 is 4.91. The summed E-state index contributed by atoms with van der Waals surface area (Å²) in [5, 5.41) is 25.3. The van der Waals surface area contributed by atoms with Gasteiger partial charge in [-0.15, -0.1) is 0 Å². The highest BCUT2D eigenvalue weighted by atomic mass is 32.1. The van der Waals surface area contributed by atoms with E-state index in [1.165, 1.54) is 12.3 Å². The third-order valence-electron chi connectivity index (χ3n) is 3.23. The molecule has 0 aliphatic heterocycles. The molecular formula is C17H19N5O3S. The van der Waals surface area contributed by atoms with Crippen molar-refractivity contribution in [2.45, 2.75) is 0 Å². The van der Waals surface area contributed by atoms with Crippen molar-refractivity contribution in [3.05, 3.63) is 42.0 Å². The van der Waals surface area contributed by atoms with E-state index in [-0.39, 0.29) is 5.75 Å². The Hall–Kier alpha value is -3.20. The Morgan fingerprint density at radius 2 is 1.69 bits per heavy atom. The highest BCUT2D eigenvalue weighted by molar-refractivity contribution is 7.80. The number of aromatic hydroxyl groups is 1. The molecule has 0 aliphatic rings. The fourth-order valence-electron chi connectivity index (χ4n) is 1.89. The lowest BCUT2D eigenvalue weighted by atomic mass is 10.2. The summed E-state index contributed by atoms with van der Waals surface area (Å²) in [4.78, 5) is 0. The van der Waals surface area contributed by atoms with E-state index in [1.54, 1.807) is 51.6 Å². The molecule has 2 rings (SSSR count). The molecule has 0 bridgehead atoms. The molecular weight excluding hydrogens is 354 g/mol. The first-order chi connectivity index (χ1) is 12.5. The van der Waals surface area contributed by atoms with Crippen LogP contribution in [0.4, 0.5) is 11.4 Å². The number of hydrogen-bond acceptors (Lipinski definition) is 7. The zero-order valence-electron chi connectivity index (χ0n) is 14.6. The van der Waals surface area contributed by atoms with Gasteiger partial charge < -0.3 is 19.9 Å². The molecule has 136 valence electrons. The average molecular weight is 373 g/mol. The monoisotopic (exact) mass is 373 g/mol. The second kappa shape index (κ2) is 9.33. The number of azo groups is 1. The van der Waals surface area contributed by atoms with Crippen LogP contribution in [0.3, 0.4) is 0 Å². The number of ether oxygens (including phenoxy) is 2. The maximum atomic E-state index is 9.91. The van der Waals surface area contributed by atoms with Crippen molar-refractivity contribution in [1.29, 1.82) is 0 Å². The topological polar surface area (TPSA) is 99.8 Å². The predicted octanol–water partition coefficient (Wildman–Crippen LogP) is 3.25. The number of rotatable bonds is 6. The molecule has 2 aromatic rings. The molecule has 8 nitrogen and oxygen atoms in total. The van der Waals surface area contributed by atoms with Crippen LogP contribution in [-0.2, 0) is 0 Å². The summed E-state index contributed by atoms with van der Waals surface area (Å²) in [5.41, 5.74) is 4.19. The molecule has 0 heterocycles. The Balaban J connectivity index is 2.20. The van der Waals surface area contributed by atoms with Crippen molar-refractivity contribution in [1.82, 2.24) is 10.7 Å². The fraction of sp³-hybridized carbons (Fsp3) is 0.176. The molecule has 0 atom stereocenters. The molecule has 0 spiro atoms. The molecule has 0 fully saturated rings. The van der Waals surface area contributed by atoms with E-state index in [9.17, 15) is 5.11 Å². The molecule has 0 aliphatic carbocycles. The van der Waals surface area contributed by atoms with Gasteiger partial charge in [-0.3, -0.25) is 5.43 Å². The van der Waals surface area contributed by atoms with Crippen molar-refractivity contribution in [3.8, 4) is 17.2 Å². The summed E-state index contributed by atoms with van der Waals surface area (Å²) in [6.07, 6.45) is 1.44. The van der Waals surface area contributed by atoms with Gasteiger partial charge in [0.05, 0.1) is 31.8 Å². The van der Waals surface area contributed by atoms with Crippen LogP contribution in [0.2, 0.25) is 0 Å². The Bertz CT molecular complexity index is 817. The molecule has 26 heavy (non-hydrogen) atoms. The lowest BCUT2D eigenvalue weighted by Crippen LogP contribution is -2.28. The minimum Gasteiger partial charge on any atom is -0.507 e. The summed E-state index contributed by atoms with van der Waals surface area (Å²) in [7, 11) is 4.81. The SMILES string of the molecule is CNC(=S)NN=Cc1cc(N=Nc2cc(OC)cc(OC)c2)ccc1O. The van der Waals surface area contributed by atoms with E-state index in [0.29, 0.717) is 33.5 Å². The Kier molecular flexibility index (Phi) is 6.86. The normalized spacial score (nSPS) is 10.9. The van der Waals surface area contributed by atoms with Crippen molar-refractivity contribution in [3.63, 3.8) is 0 Å². The van der Waals surface area contributed by atoms with Crippen LogP contribution in [0.1, 0.15) is 5.56 Å². The van der Waals surface area contributed by atoms with Gasteiger partial charge in [0.25, 0.3) is 0 Å². The van der Waals surface area contributed by atoms with Crippen LogP contribution in [0, 0.1) is 0 Å². The van der Waals surface area contributed by atoms with Gasteiger partial charge in [-0.05, 0) is 30.4 Å². The summed E-state index contributed by atoms with van der Waals surface area (Å²) in [6.45, 7) is 0. The number of nitrogens with one attached hydrogen (secondary N) is 2. The van der Waals surface area contributed by atoms with Gasteiger partial charge >= 0.3 is 0 Å². The first kappa shape index (κ1) is 19.1. The first-order valence-electron chi connectivity index (χ1n) is 7.54. The number of phenols is 1. The van der Waals surface area contributed by atoms with Crippen LogP contribution in [0.25, 0.3) is 0 Å². The Labute approximate surface area is 156 Å². The molecule has 0 saturated heterocycles. The van der Waals surface area contributed by atoms with E-state index in [1.807, 2.05) is 0 Å². The summed E-state index contributed by atoms with van der Waals surface area (Å²) < 4.78 is 10.4. The zero-order chi connectivity index (χ0) is 18.9. The second-order valence-corrected chi connectivity index (χ2v) is 5.37. The lowest BCUT2D eigenvalue weighted by Gasteiger charge is -2.05. The third-order valence-corrected chi connectivity index (χ3v) is 3.52. The van der Waals surface area contributed by atoms with Gasteiger partial charge in [0.15, 0.2) is 5.11 Å². The number of thiocarbonyl (C=S) groups is 1. The number of benzene rings is 2. The van der Waals surface area contributed by atoms with Crippen LogP contribution in [-0.4, -0.2) is 37.7 Å². The van der Waals surface area contributed by atoms with Gasteiger partial charge in [-0.25, -0.2) is 0 Å². The van der Waals surface area contributed by atoms with E-state index < -0.39 is 0 Å². The highest BCUT2D eigenvalue weighted by Crippen LogP contribution is 2.29. The van der Waals surface area contributed by atoms with E-state index in [4.69, 9.17) is 21.7 Å². The van der Waals surface area contributed by atoms with E-state index >= 15 is 0 Å².